The Kier molecular flexibility index (Phi) is 2.94. The third-order valence-electron chi connectivity index (χ3n) is 3.10. The molecule has 1 aliphatic heterocycles. The van der Waals surface area contributed by atoms with Crippen LogP contribution in [0, 0.1) is 11.8 Å². The molecule has 0 aromatic carbocycles. The Morgan fingerprint density at radius 3 is 2.27 bits per heavy atom. The lowest BCUT2D eigenvalue weighted by molar-refractivity contribution is 0.110. The Labute approximate surface area is 70.8 Å². The van der Waals surface area contributed by atoms with Gasteiger partial charge in [0.1, 0.15) is 0 Å². The van der Waals surface area contributed by atoms with Crippen LogP contribution < -0.4 is 0 Å². The quantitative estimate of drug-likeness (QED) is 0.562. The van der Waals surface area contributed by atoms with Crippen LogP contribution in [0.4, 0.5) is 0 Å². The summed E-state index contributed by atoms with van der Waals surface area (Å²) in [5, 5.41) is 0. The Morgan fingerprint density at radius 2 is 1.82 bits per heavy atom. The minimum absolute atomic E-state index is 0.741. The summed E-state index contributed by atoms with van der Waals surface area (Å²) in [6.07, 6.45) is 1.39. The van der Waals surface area contributed by atoms with Crippen LogP contribution in [-0.4, -0.2) is 24.0 Å². The van der Waals surface area contributed by atoms with Crippen LogP contribution in [0.15, 0.2) is 0 Å². The van der Waals surface area contributed by atoms with E-state index in [9.17, 15) is 0 Å². The Hall–Kier alpha value is -0.0400. The van der Waals surface area contributed by atoms with E-state index in [1.54, 1.807) is 0 Å². The van der Waals surface area contributed by atoms with Gasteiger partial charge in [-0.2, -0.15) is 0 Å². The van der Waals surface area contributed by atoms with Gasteiger partial charge in [-0.05, 0) is 38.6 Å². The molecule has 11 heavy (non-hydrogen) atoms. The molecule has 1 aliphatic rings. The molecule has 0 saturated carbocycles. The van der Waals surface area contributed by atoms with E-state index >= 15 is 0 Å². The molecule has 0 N–H and O–H groups in total. The van der Waals surface area contributed by atoms with Crippen LogP contribution in [0.1, 0.15) is 34.1 Å². The fourth-order valence-electron chi connectivity index (χ4n) is 1.76. The number of hydrogen-bond acceptors (Lipinski definition) is 1. The van der Waals surface area contributed by atoms with Gasteiger partial charge in [-0.25, -0.2) is 0 Å². The smallest absolute Gasteiger partial charge is 0.00387 e. The average Bonchev–Trinajstić information content (AvgIpc) is 1.94. The molecule has 1 unspecified atom stereocenters. The molecular formula is C10H21N. The monoisotopic (exact) mass is 155 g/mol. The molecule has 1 rings (SSSR count). The van der Waals surface area contributed by atoms with Gasteiger partial charge in [-0.1, -0.05) is 13.8 Å². The molecule has 0 spiro atoms. The molecule has 1 nitrogen and oxygen atoms in total. The fourth-order valence-corrected chi connectivity index (χ4v) is 1.76. The van der Waals surface area contributed by atoms with E-state index in [0.29, 0.717) is 0 Å². The van der Waals surface area contributed by atoms with Crippen molar-refractivity contribution in [2.45, 2.75) is 40.2 Å². The minimum Gasteiger partial charge on any atom is -0.301 e. The molecule has 66 valence electrons. The van der Waals surface area contributed by atoms with Gasteiger partial charge in [-0.3, -0.25) is 0 Å². The SMILES string of the molecule is CC1CN(C(C)C)CC[C@H]1C. The van der Waals surface area contributed by atoms with E-state index < -0.39 is 0 Å². The lowest BCUT2D eigenvalue weighted by atomic mass is 9.88. The lowest BCUT2D eigenvalue weighted by Crippen LogP contribution is -2.42. The number of hydrogen-bond donors (Lipinski definition) is 0. The zero-order valence-corrected chi connectivity index (χ0v) is 8.30. The molecule has 1 saturated heterocycles. The summed E-state index contributed by atoms with van der Waals surface area (Å²) in [6.45, 7) is 12.0. The Bertz CT molecular complexity index is 120. The zero-order valence-electron chi connectivity index (χ0n) is 8.30. The highest BCUT2D eigenvalue weighted by Crippen LogP contribution is 2.23. The van der Waals surface area contributed by atoms with E-state index in [1.807, 2.05) is 0 Å². The fraction of sp³-hybridized carbons (Fsp3) is 1.00. The second-order valence-electron chi connectivity index (χ2n) is 4.33. The van der Waals surface area contributed by atoms with Crippen molar-refractivity contribution in [2.24, 2.45) is 11.8 Å². The predicted molar refractivity (Wildman–Crippen MR) is 49.7 cm³/mol. The van der Waals surface area contributed by atoms with Gasteiger partial charge < -0.3 is 4.90 Å². The molecule has 2 atom stereocenters. The highest BCUT2D eigenvalue weighted by molar-refractivity contribution is 4.76. The summed E-state index contributed by atoms with van der Waals surface area (Å²) in [6, 6.07) is 0.741. The maximum Gasteiger partial charge on any atom is 0.00387 e. The molecule has 0 aliphatic carbocycles. The van der Waals surface area contributed by atoms with E-state index in [-0.39, 0.29) is 0 Å². The summed E-state index contributed by atoms with van der Waals surface area (Å²) < 4.78 is 0. The van der Waals surface area contributed by atoms with Gasteiger partial charge in [-0.15, -0.1) is 0 Å². The third kappa shape index (κ3) is 2.19. The second kappa shape index (κ2) is 3.57. The normalized spacial score (nSPS) is 34.6. The number of piperidine rings is 1. The van der Waals surface area contributed by atoms with Gasteiger partial charge in [0.2, 0.25) is 0 Å². The van der Waals surface area contributed by atoms with Crippen LogP contribution >= 0.6 is 0 Å². The number of likely N-dealkylation sites (tertiary alicyclic amines) is 1. The van der Waals surface area contributed by atoms with Crippen molar-refractivity contribution in [3.05, 3.63) is 0 Å². The van der Waals surface area contributed by atoms with E-state index in [0.717, 1.165) is 17.9 Å². The summed E-state index contributed by atoms with van der Waals surface area (Å²) in [7, 11) is 0. The predicted octanol–water partition coefficient (Wildman–Crippen LogP) is 2.37. The van der Waals surface area contributed by atoms with Crippen LogP contribution in [0.5, 0.6) is 0 Å². The lowest BCUT2D eigenvalue weighted by Gasteiger charge is -2.37. The Balaban J connectivity index is 2.40. The maximum absolute atomic E-state index is 2.59. The molecule has 0 radical (unpaired) electrons. The second-order valence-corrected chi connectivity index (χ2v) is 4.33. The van der Waals surface area contributed by atoms with E-state index in [4.69, 9.17) is 0 Å². The van der Waals surface area contributed by atoms with E-state index in [1.165, 1.54) is 19.5 Å². The van der Waals surface area contributed by atoms with Crippen molar-refractivity contribution >= 4 is 0 Å². The highest BCUT2D eigenvalue weighted by atomic mass is 15.2. The van der Waals surface area contributed by atoms with Gasteiger partial charge in [0.25, 0.3) is 0 Å². The molecule has 0 amide bonds. The van der Waals surface area contributed by atoms with Crippen LogP contribution in [-0.2, 0) is 0 Å². The van der Waals surface area contributed by atoms with Crippen LogP contribution in [0.25, 0.3) is 0 Å². The maximum atomic E-state index is 2.59. The number of nitrogens with zero attached hydrogens (tertiary/aromatic N) is 1. The minimum atomic E-state index is 0.741. The highest BCUT2D eigenvalue weighted by Gasteiger charge is 2.23. The summed E-state index contributed by atoms with van der Waals surface area (Å²) in [5.41, 5.74) is 0. The van der Waals surface area contributed by atoms with Gasteiger partial charge in [0.15, 0.2) is 0 Å². The van der Waals surface area contributed by atoms with Crippen molar-refractivity contribution in [1.82, 2.24) is 4.90 Å². The standard InChI is InChI=1S/C10H21N/c1-8(2)11-6-5-9(3)10(4)7-11/h8-10H,5-7H2,1-4H3/t9-,10?/m1/s1. The van der Waals surface area contributed by atoms with Crippen molar-refractivity contribution in [3.8, 4) is 0 Å². The topological polar surface area (TPSA) is 3.24 Å². The van der Waals surface area contributed by atoms with Crippen molar-refractivity contribution in [1.29, 1.82) is 0 Å². The molecule has 0 bridgehead atoms. The van der Waals surface area contributed by atoms with Crippen molar-refractivity contribution in [3.63, 3.8) is 0 Å². The molecule has 0 aromatic heterocycles. The molecule has 1 heterocycles. The van der Waals surface area contributed by atoms with E-state index in [2.05, 4.69) is 32.6 Å². The summed E-state index contributed by atoms with van der Waals surface area (Å²) >= 11 is 0. The third-order valence-corrected chi connectivity index (χ3v) is 3.10. The van der Waals surface area contributed by atoms with Gasteiger partial charge in [0, 0.05) is 12.6 Å². The number of rotatable bonds is 1. The largest absolute Gasteiger partial charge is 0.301 e. The first-order valence-corrected chi connectivity index (χ1v) is 4.85. The van der Waals surface area contributed by atoms with Crippen LogP contribution in [0.2, 0.25) is 0 Å². The van der Waals surface area contributed by atoms with Crippen LogP contribution in [0.3, 0.4) is 0 Å². The molecule has 1 fully saturated rings. The van der Waals surface area contributed by atoms with Gasteiger partial charge in [0.05, 0.1) is 0 Å². The first-order chi connectivity index (χ1) is 5.11. The average molecular weight is 155 g/mol. The van der Waals surface area contributed by atoms with Crippen molar-refractivity contribution in [2.75, 3.05) is 13.1 Å². The first-order valence-electron chi connectivity index (χ1n) is 4.85. The first kappa shape index (κ1) is 9.05. The summed E-state index contributed by atoms with van der Waals surface area (Å²) in [5.74, 6) is 1.83. The molecule has 0 aromatic rings. The Morgan fingerprint density at radius 1 is 1.18 bits per heavy atom. The molecular weight excluding hydrogens is 134 g/mol. The van der Waals surface area contributed by atoms with Gasteiger partial charge >= 0.3 is 0 Å². The van der Waals surface area contributed by atoms with Crippen molar-refractivity contribution < 1.29 is 0 Å². The zero-order chi connectivity index (χ0) is 8.43. The molecule has 1 heteroatoms. The summed E-state index contributed by atoms with van der Waals surface area (Å²) in [4.78, 5) is 2.59.